The summed E-state index contributed by atoms with van der Waals surface area (Å²) in [5, 5.41) is 10.1. The SMILES string of the molecule is CCN(C)C.[O]C(=O)c1ccccc1. The van der Waals surface area contributed by atoms with E-state index in [1.807, 2.05) is 0 Å². The largest absolute Gasteiger partial charge is 0.386 e. The van der Waals surface area contributed by atoms with Crippen LogP contribution in [0.1, 0.15) is 17.3 Å². The summed E-state index contributed by atoms with van der Waals surface area (Å²) in [5.74, 6) is -1.13. The first kappa shape index (κ1) is 12.7. The smallest absolute Gasteiger partial charge is 0.310 e. The van der Waals surface area contributed by atoms with E-state index in [2.05, 4.69) is 25.9 Å². The van der Waals surface area contributed by atoms with Crippen LogP contribution in [0.5, 0.6) is 0 Å². The van der Waals surface area contributed by atoms with Gasteiger partial charge in [-0.1, -0.05) is 25.1 Å². The summed E-state index contributed by atoms with van der Waals surface area (Å²) < 4.78 is 0. The molecule has 0 N–H and O–H groups in total. The highest BCUT2D eigenvalue weighted by atomic mass is 16.4. The second kappa shape index (κ2) is 7.09. The van der Waals surface area contributed by atoms with Crippen LogP contribution < -0.4 is 0 Å². The fourth-order valence-electron chi connectivity index (χ4n) is 0.574. The summed E-state index contributed by atoms with van der Waals surface area (Å²) in [6, 6.07) is 8.06. The van der Waals surface area contributed by atoms with E-state index in [9.17, 15) is 9.90 Å². The predicted molar refractivity (Wildman–Crippen MR) is 55.7 cm³/mol. The highest BCUT2D eigenvalue weighted by molar-refractivity contribution is 5.86. The first-order valence-electron chi connectivity index (χ1n) is 4.49. The van der Waals surface area contributed by atoms with Crippen LogP contribution in [-0.2, 0) is 5.11 Å². The van der Waals surface area contributed by atoms with E-state index >= 15 is 0 Å². The van der Waals surface area contributed by atoms with Gasteiger partial charge in [-0.25, -0.2) is 9.90 Å². The van der Waals surface area contributed by atoms with Crippen molar-refractivity contribution in [2.75, 3.05) is 20.6 Å². The van der Waals surface area contributed by atoms with Gasteiger partial charge in [-0.3, -0.25) is 0 Å². The minimum absolute atomic E-state index is 0.220. The molecule has 0 spiro atoms. The van der Waals surface area contributed by atoms with E-state index in [0.29, 0.717) is 0 Å². The lowest BCUT2D eigenvalue weighted by atomic mass is 10.2. The first-order chi connectivity index (χ1) is 6.57. The third-order valence-electron chi connectivity index (χ3n) is 1.64. The van der Waals surface area contributed by atoms with Gasteiger partial charge in [-0.2, -0.15) is 0 Å². The Morgan fingerprint density at radius 2 is 1.64 bits per heavy atom. The van der Waals surface area contributed by atoms with Crippen LogP contribution in [0.3, 0.4) is 0 Å². The molecule has 3 heteroatoms. The average Bonchev–Trinajstić information content (AvgIpc) is 2.20. The summed E-state index contributed by atoms with van der Waals surface area (Å²) in [4.78, 5) is 12.2. The van der Waals surface area contributed by atoms with Gasteiger partial charge in [0.2, 0.25) is 0 Å². The molecule has 1 radical (unpaired) electrons. The minimum atomic E-state index is -1.13. The van der Waals surface area contributed by atoms with Gasteiger partial charge in [-0.15, -0.1) is 0 Å². The molecule has 14 heavy (non-hydrogen) atoms. The molecule has 0 aliphatic rings. The van der Waals surface area contributed by atoms with Crippen molar-refractivity contribution in [3.05, 3.63) is 35.9 Å². The molecule has 1 rings (SSSR count). The molecule has 0 saturated heterocycles. The lowest BCUT2D eigenvalue weighted by Crippen LogP contribution is -2.08. The Bertz CT molecular complexity index is 257. The number of benzene rings is 1. The summed E-state index contributed by atoms with van der Waals surface area (Å²) in [5.41, 5.74) is 0.220. The first-order valence-corrected chi connectivity index (χ1v) is 4.49. The molecule has 1 aromatic carbocycles. The van der Waals surface area contributed by atoms with Crippen LogP contribution >= 0.6 is 0 Å². The molecule has 0 aliphatic heterocycles. The van der Waals surface area contributed by atoms with Gasteiger partial charge >= 0.3 is 5.97 Å². The highest BCUT2D eigenvalue weighted by Gasteiger charge is 1.99. The summed E-state index contributed by atoms with van der Waals surface area (Å²) >= 11 is 0. The van der Waals surface area contributed by atoms with Crippen LogP contribution in [0.15, 0.2) is 30.3 Å². The van der Waals surface area contributed by atoms with Gasteiger partial charge in [0.25, 0.3) is 0 Å². The van der Waals surface area contributed by atoms with Crippen LogP contribution in [0.2, 0.25) is 0 Å². The van der Waals surface area contributed by atoms with Crippen molar-refractivity contribution in [3.63, 3.8) is 0 Å². The molecular weight excluding hydrogens is 178 g/mol. The second-order valence-corrected chi connectivity index (χ2v) is 3.05. The van der Waals surface area contributed by atoms with Gasteiger partial charge in [0.15, 0.2) is 0 Å². The third kappa shape index (κ3) is 6.20. The Kier molecular flexibility index (Phi) is 6.41. The topological polar surface area (TPSA) is 40.2 Å². The van der Waals surface area contributed by atoms with Gasteiger partial charge in [0.05, 0.1) is 5.56 Å². The highest BCUT2D eigenvalue weighted by Crippen LogP contribution is 1.96. The van der Waals surface area contributed by atoms with Crippen molar-refractivity contribution in [3.8, 4) is 0 Å². The van der Waals surface area contributed by atoms with Crippen LogP contribution in [0, 0.1) is 0 Å². The number of hydrogen-bond donors (Lipinski definition) is 0. The molecule has 3 nitrogen and oxygen atoms in total. The van der Waals surface area contributed by atoms with Crippen molar-refractivity contribution in [2.45, 2.75) is 6.92 Å². The maximum absolute atomic E-state index is 10.1. The van der Waals surface area contributed by atoms with E-state index in [1.54, 1.807) is 18.2 Å². The zero-order valence-corrected chi connectivity index (χ0v) is 8.86. The molecule has 0 aromatic heterocycles. The van der Waals surface area contributed by atoms with Gasteiger partial charge < -0.3 is 4.90 Å². The molecule has 1 aromatic rings. The van der Waals surface area contributed by atoms with Gasteiger partial charge in [0.1, 0.15) is 0 Å². The van der Waals surface area contributed by atoms with Crippen molar-refractivity contribution >= 4 is 5.97 Å². The van der Waals surface area contributed by atoms with E-state index in [-0.39, 0.29) is 5.56 Å². The number of carbonyl (C=O) groups is 1. The Balaban J connectivity index is 0.000000292. The van der Waals surface area contributed by atoms with Crippen molar-refractivity contribution < 1.29 is 9.90 Å². The third-order valence-corrected chi connectivity index (χ3v) is 1.64. The molecule has 0 saturated carbocycles. The normalized spacial score (nSPS) is 9.14. The number of nitrogens with zero attached hydrogens (tertiary/aromatic N) is 1. The second-order valence-electron chi connectivity index (χ2n) is 3.05. The number of carbonyl (C=O) groups excluding carboxylic acids is 1. The summed E-state index contributed by atoms with van der Waals surface area (Å²) in [6.07, 6.45) is 0. The van der Waals surface area contributed by atoms with Crippen LogP contribution in [0.25, 0.3) is 0 Å². The van der Waals surface area contributed by atoms with Crippen molar-refractivity contribution in [1.82, 2.24) is 4.90 Å². The fourth-order valence-corrected chi connectivity index (χ4v) is 0.574. The van der Waals surface area contributed by atoms with Gasteiger partial charge in [-0.05, 0) is 32.8 Å². The Morgan fingerprint density at radius 3 is 1.86 bits per heavy atom. The molecule has 0 heterocycles. The lowest BCUT2D eigenvalue weighted by Gasteiger charge is -2.00. The van der Waals surface area contributed by atoms with E-state index in [0.717, 1.165) is 6.54 Å². The zero-order valence-electron chi connectivity index (χ0n) is 8.86. The molecule has 0 bridgehead atoms. The maximum atomic E-state index is 10.1. The lowest BCUT2D eigenvalue weighted by molar-refractivity contribution is 0.0573. The predicted octanol–water partition coefficient (Wildman–Crippen LogP) is 1.83. The fraction of sp³-hybridized carbons (Fsp3) is 0.364. The Morgan fingerprint density at radius 1 is 1.21 bits per heavy atom. The zero-order chi connectivity index (χ0) is 11.0. The molecule has 0 unspecified atom stereocenters. The molecular formula is C11H16NO2. The van der Waals surface area contributed by atoms with Crippen molar-refractivity contribution in [1.29, 1.82) is 0 Å². The molecule has 0 atom stereocenters. The van der Waals surface area contributed by atoms with E-state index < -0.39 is 5.97 Å². The Labute approximate surface area is 85.0 Å². The summed E-state index contributed by atoms with van der Waals surface area (Å²) in [6.45, 7) is 3.26. The average molecular weight is 194 g/mol. The van der Waals surface area contributed by atoms with Crippen LogP contribution in [0.4, 0.5) is 0 Å². The Hall–Kier alpha value is -1.35. The van der Waals surface area contributed by atoms with Crippen molar-refractivity contribution in [2.24, 2.45) is 0 Å². The summed E-state index contributed by atoms with van der Waals surface area (Å²) in [7, 11) is 4.11. The van der Waals surface area contributed by atoms with E-state index in [4.69, 9.17) is 0 Å². The maximum Gasteiger partial charge on any atom is 0.386 e. The molecule has 0 aliphatic carbocycles. The quantitative estimate of drug-likeness (QED) is 0.720. The molecule has 0 amide bonds. The number of hydrogen-bond acceptors (Lipinski definition) is 2. The van der Waals surface area contributed by atoms with E-state index in [1.165, 1.54) is 12.1 Å². The molecule has 77 valence electrons. The molecule has 0 fully saturated rings. The van der Waals surface area contributed by atoms with Gasteiger partial charge in [0, 0.05) is 0 Å². The standard InChI is InChI=1S/C7H5O2.C4H11N/c8-7(9)6-4-2-1-3-5-6;1-4-5(2)3/h1-5H;4H2,1-3H3. The monoisotopic (exact) mass is 194 g/mol. The van der Waals surface area contributed by atoms with Crippen LogP contribution in [-0.4, -0.2) is 31.5 Å². The minimum Gasteiger partial charge on any atom is -0.310 e. The number of rotatable bonds is 2.